The zero-order valence-electron chi connectivity index (χ0n) is 8.36. The third kappa shape index (κ3) is 3.05. The van der Waals surface area contributed by atoms with Crippen LogP contribution in [-0.4, -0.2) is 22.0 Å². The van der Waals surface area contributed by atoms with Gasteiger partial charge in [-0.05, 0) is 18.6 Å². The summed E-state index contributed by atoms with van der Waals surface area (Å²) in [5, 5.41) is 11.3. The third-order valence-electron chi connectivity index (χ3n) is 1.77. The maximum atomic E-state index is 11.2. The fourth-order valence-electron chi connectivity index (χ4n) is 1.10. The van der Waals surface area contributed by atoms with E-state index in [2.05, 4.69) is 10.3 Å². The van der Waals surface area contributed by atoms with E-state index >= 15 is 0 Å². The summed E-state index contributed by atoms with van der Waals surface area (Å²) in [6, 6.07) is 2.91. The Bertz CT molecular complexity index is 377. The number of nitrogens with zero attached hydrogens (tertiary/aromatic N) is 1. The Balaban J connectivity index is 2.84. The molecule has 0 radical (unpaired) electrons. The first kappa shape index (κ1) is 11.2. The Morgan fingerprint density at radius 3 is 2.87 bits per heavy atom. The predicted molar refractivity (Wildman–Crippen MR) is 54.7 cm³/mol. The molecule has 0 aromatic carbocycles. The van der Waals surface area contributed by atoms with Gasteiger partial charge in [0.2, 0.25) is 5.91 Å². The standard InChI is InChI=1S/C10H12N2O3/c1-2-4-8(13)12-9-7(10(14)15)5-3-6-11-9/h3,5-6H,2,4H2,1H3,(H,14,15)(H,11,12,13). The molecule has 2 N–H and O–H groups in total. The molecule has 1 amide bonds. The molecule has 1 aromatic rings. The maximum absolute atomic E-state index is 11.2. The van der Waals surface area contributed by atoms with Crippen molar-refractivity contribution in [3.05, 3.63) is 23.9 Å². The van der Waals surface area contributed by atoms with Gasteiger partial charge in [-0.2, -0.15) is 0 Å². The lowest BCUT2D eigenvalue weighted by Crippen LogP contribution is -2.15. The van der Waals surface area contributed by atoms with Crippen LogP contribution in [0, 0.1) is 0 Å². The molecule has 0 spiro atoms. The van der Waals surface area contributed by atoms with Gasteiger partial charge in [0.1, 0.15) is 11.4 Å². The molecular formula is C10H12N2O3. The number of carbonyl (C=O) groups is 2. The number of anilines is 1. The molecule has 1 rings (SSSR count). The minimum Gasteiger partial charge on any atom is -0.478 e. The SMILES string of the molecule is CCCC(=O)Nc1ncccc1C(=O)O. The monoisotopic (exact) mass is 208 g/mol. The van der Waals surface area contributed by atoms with Crippen LogP contribution >= 0.6 is 0 Å². The molecule has 1 aromatic heterocycles. The molecule has 0 unspecified atom stereocenters. The Hall–Kier alpha value is -1.91. The lowest BCUT2D eigenvalue weighted by Gasteiger charge is -2.05. The van der Waals surface area contributed by atoms with Gasteiger partial charge in [0.05, 0.1) is 0 Å². The number of hydrogen-bond acceptors (Lipinski definition) is 3. The fourth-order valence-corrected chi connectivity index (χ4v) is 1.10. The summed E-state index contributed by atoms with van der Waals surface area (Å²) in [5.74, 6) is -1.22. The fraction of sp³-hybridized carbons (Fsp3) is 0.300. The average Bonchev–Trinajstić information content (AvgIpc) is 2.18. The molecule has 5 heteroatoms. The van der Waals surface area contributed by atoms with Crippen molar-refractivity contribution in [2.75, 3.05) is 5.32 Å². The van der Waals surface area contributed by atoms with E-state index in [9.17, 15) is 9.59 Å². The second-order valence-corrected chi connectivity index (χ2v) is 3.00. The van der Waals surface area contributed by atoms with Gasteiger partial charge in [0.25, 0.3) is 0 Å². The van der Waals surface area contributed by atoms with Gasteiger partial charge in [-0.25, -0.2) is 9.78 Å². The zero-order valence-corrected chi connectivity index (χ0v) is 8.36. The number of aromatic nitrogens is 1. The zero-order chi connectivity index (χ0) is 11.3. The van der Waals surface area contributed by atoms with Crippen LogP contribution in [0.1, 0.15) is 30.1 Å². The van der Waals surface area contributed by atoms with E-state index < -0.39 is 5.97 Å². The number of aromatic carboxylic acids is 1. The first-order valence-electron chi connectivity index (χ1n) is 4.63. The number of carboxylic acid groups (broad SMARTS) is 1. The van der Waals surface area contributed by atoms with Crippen molar-refractivity contribution < 1.29 is 14.7 Å². The van der Waals surface area contributed by atoms with E-state index in [1.807, 2.05) is 6.92 Å². The van der Waals surface area contributed by atoms with Crippen molar-refractivity contribution in [3.63, 3.8) is 0 Å². The van der Waals surface area contributed by atoms with E-state index in [1.165, 1.54) is 18.3 Å². The topological polar surface area (TPSA) is 79.3 Å². The summed E-state index contributed by atoms with van der Waals surface area (Å²) in [6.07, 6.45) is 2.50. The minimum atomic E-state index is -1.10. The molecule has 0 bridgehead atoms. The summed E-state index contributed by atoms with van der Waals surface area (Å²) in [7, 11) is 0. The van der Waals surface area contributed by atoms with Crippen LogP contribution in [0.2, 0.25) is 0 Å². The van der Waals surface area contributed by atoms with Crippen molar-refractivity contribution >= 4 is 17.7 Å². The highest BCUT2D eigenvalue weighted by Crippen LogP contribution is 2.11. The normalized spacial score (nSPS) is 9.67. The van der Waals surface area contributed by atoms with E-state index in [0.717, 1.165) is 0 Å². The van der Waals surface area contributed by atoms with E-state index in [-0.39, 0.29) is 17.3 Å². The summed E-state index contributed by atoms with van der Waals surface area (Å²) in [5.41, 5.74) is 0.00181. The van der Waals surface area contributed by atoms with Gasteiger partial charge in [-0.3, -0.25) is 4.79 Å². The molecule has 0 saturated heterocycles. The van der Waals surface area contributed by atoms with Crippen LogP contribution < -0.4 is 5.32 Å². The number of hydrogen-bond donors (Lipinski definition) is 2. The highest BCUT2D eigenvalue weighted by Gasteiger charge is 2.12. The highest BCUT2D eigenvalue weighted by atomic mass is 16.4. The van der Waals surface area contributed by atoms with Crippen molar-refractivity contribution in [3.8, 4) is 0 Å². The molecule has 80 valence electrons. The number of carbonyl (C=O) groups excluding carboxylic acids is 1. The number of rotatable bonds is 4. The largest absolute Gasteiger partial charge is 0.478 e. The van der Waals surface area contributed by atoms with Crippen LogP contribution in [0.5, 0.6) is 0 Å². The molecular weight excluding hydrogens is 196 g/mol. The predicted octanol–water partition coefficient (Wildman–Crippen LogP) is 1.52. The number of pyridine rings is 1. The van der Waals surface area contributed by atoms with E-state index in [0.29, 0.717) is 12.8 Å². The summed E-state index contributed by atoms with van der Waals surface area (Å²) in [4.78, 5) is 25.8. The van der Waals surface area contributed by atoms with Crippen LogP contribution in [0.3, 0.4) is 0 Å². The average molecular weight is 208 g/mol. The summed E-state index contributed by atoms with van der Waals surface area (Å²) >= 11 is 0. The second kappa shape index (κ2) is 5.09. The molecule has 0 saturated carbocycles. The van der Waals surface area contributed by atoms with Crippen LogP contribution in [0.25, 0.3) is 0 Å². The Morgan fingerprint density at radius 2 is 2.27 bits per heavy atom. The smallest absolute Gasteiger partial charge is 0.339 e. The molecule has 0 aliphatic rings. The van der Waals surface area contributed by atoms with Crippen molar-refractivity contribution in [1.29, 1.82) is 0 Å². The molecule has 0 aliphatic heterocycles. The van der Waals surface area contributed by atoms with Crippen LogP contribution in [0.4, 0.5) is 5.82 Å². The van der Waals surface area contributed by atoms with Gasteiger partial charge in [-0.15, -0.1) is 0 Å². The van der Waals surface area contributed by atoms with Gasteiger partial charge in [-0.1, -0.05) is 6.92 Å². The number of amides is 1. The Labute approximate surface area is 87.1 Å². The Kier molecular flexibility index (Phi) is 3.79. The van der Waals surface area contributed by atoms with Crippen LogP contribution in [-0.2, 0) is 4.79 Å². The van der Waals surface area contributed by atoms with Crippen molar-refractivity contribution in [2.24, 2.45) is 0 Å². The molecule has 0 atom stereocenters. The summed E-state index contributed by atoms with van der Waals surface area (Å²) < 4.78 is 0. The minimum absolute atomic E-state index is 0.00181. The molecule has 5 nitrogen and oxygen atoms in total. The highest BCUT2D eigenvalue weighted by molar-refractivity contribution is 5.99. The Morgan fingerprint density at radius 1 is 1.53 bits per heavy atom. The molecule has 0 aliphatic carbocycles. The quantitative estimate of drug-likeness (QED) is 0.786. The lowest BCUT2D eigenvalue weighted by atomic mass is 10.2. The maximum Gasteiger partial charge on any atom is 0.339 e. The number of carboxylic acids is 1. The van der Waals surface area contributed by atoms with Gasteiger partial charge >= 0.3 is 5.97 Å². The molecule has 1 heterocycles. The number of nitrogens with one attached hydrogen (secondary N) is 1. The van der Waals surface area contributed by atoms with Crippen molar-refractivity contribution in [1.82, 2.24) is 4.98 Å². The lowest BCUT2D eigenvalue weighted by molar-refractivity contribution is -0.116. The summed E-state index contributed by atoms with van der Waals surface area (Å²) in [6.45, 7) is 1.87. The van der Waals surface area contributed by atoms with E-state index in [4.69, 9.17) is 5.11 Å². The van der Waals surface area contributed by atoms with Gasteiger partial charge in [0.15, 0.2) is 0 Å². The molecule has 15 heavy (non-hydrogen) atoms. The first-order chi connectivity index (χ1) is 7.15. The first-order valence-corrected chi connectivity index (χ1v) is 4.63. The van der Waals surface area contributed by atoms with Gasteiger partial charge in [0, 0.05) is 12.6 Å². The second-order valence-electron chi connectivity index (χ2n) is 3.00. The third-order valence-corrected chi connectivity index (χ3v) is 1.77. The molecule has 0 fully saturated rings. The van der Waals surface area contributed by atoms with Gasteiger partial charge < -0.3 is 10.4 Å². The van der Waals surface area contributed by atoms with Crippen LogP contribution in [0.15, 0.2) is 18.3 Å². The van der Waals surface area contributed by atoms with Crippen molar-refractivity contribution in [2.45, 2.75) is 19.8 Å². The van der Waals surface area contributed by atoms with E-state index in [1.54, 1.807) is 0 Å².